The average molecular weight is 401 g/mol. The maximum Gasteiger partial charge on any atom is 0.0482 e. The van der Waals surface area contributed by atoms with E-state index in [-0.39, 0.29) is 0 Å². The molecule has 0 atom stereocenters. The van der Waals surface area contributed by atoms with E-state index in [1.807, 2.05) is 0 Å². The van der Waals surface area contributed by atoms with Crippen molar-refractivity contribution in [1.82, 2.24) is 19.8 Å². The lowest BCUT2D eigenvalue weighted by Gasteiger charge is -2.02. The predicted molar refractivity (Wildman–Crippen MR) is 126 cm³/mol. The molecule has 2 aromatic carbocycles. The zero-order valence-electron chi connectivity index (χ0n) is 18.2. The molecule has 0 spiro atoms. The Morgan fingerprint density at radius 2 is 0.967 bits per heavy atom. The largest absolute Gasteiger partial charge is 0.347 e. The highest BCUT2D eigenvalue weighted by Crippen LogP contribution is 2.27. The van der Waals surface area contributed by atoms with Crippen LogP contribution >= 0.6 is 0 Å². The molecule has 0 fully saturated rings. The van der Waals surface area contributed by atoms with Crippen molar-refractivity contribution in [2.45, 2.75) is 25.7 Å². The van der Waals surface area contributed by atoms with Gasteiger partial charge in [-0.05, 0) is 49.2 Å². The monoisotopic (exact) mass is 400 g/mol. The van der Waals surface area contributed by atoms with Gasteiger partial charge in [-0.15, -0.1) is 0 Å². The second-order valence-electron chi connectivity index (χ2n) is 8.50. The Balaban J connectivity index is 0.000000128. The number of hydrogen-bond acceptors (Lipinski definition) is 2. The lowest BCUT2D eigenvalue weighted by Crippen LogP contribution is -2.16. The van der Waals surface area contributed by atoms with Gasteiger partial charge in [-0.1, -0.05) is 36.4 Å². The normalized spacial score (nSPS) is 16.3. The molecule has 6 rings (SSSR count). The fraction of sp³-hybridized carbons (Fsp3) is 0.385. The van der Waals surface area contributed by atoms with E-state index in [0.29, 0.717) is 0 Å². The topological polar surface area (TPSA) is 33.9 Å². The molecule has 4 heterocycles. The maximum absolute atomic E-state index is 3.46. The first-order chi connectivity index (χ1) is 14.8. The Hall–Kier alpha value is -2.56. The first kappa shape index (κ1) is 19.4. The van der Waals surface area contributed by atoms with Gasteiger partial charge in [0.25, 0.3) is 0 Å². The van der Waals surface area contributed by atoms with E-state index in [2.05, 4.69) is 82.4 Å². The Kier molecular flexibility index (Phi) is 5.36. The van der Waals surface area contributed by atoms with Crippen molar-refractivity contribution in [3.8, 4) is 0 Å². The summed E-state index contributed by atoms with van der Waals surface area (Å²) in [5, 5.41) is 9.80. The van der Waals surface area contributed by atoms with E-state index in [0.717, 1.165) is 51.9 Å². The smallest absolute Gasteiger partial charge is 0.0482 e. The Bertz CT molecular complexity index is 1090. The summed E-state index contributed by atoms with van der Waals surface area (Å²) in [5.74, 6) is 0. The number of aryl methyl sites for hydroxylation is 2. The van der Waals surface area contributed by atoms with Crippen molar-refractivity contribution < 1.29 is 0 Å². The van der Waals surface area contributed by atoms with Crippen LogP contribution in [0.3, 0.4) is 0 Å². The number of para-hydroxylation sites is 2. The van der Waals surface area contributed by atoms with Gasteiger partial charge in [-0.3, -0.25) is 0 Å². The average Bonchev–Trinajstić information content (AvgIpc) is 3.03. The number of nitrogens with zero attached hydrogens (tertiary/aromatic N) is 2. The number of fused-ring (bicyclic) bond motifs is 6. The quantitative estimate of drug-likeness (QED) is 0.472. The van der Waals surface area contributed by atoms with Crippen molar-refractivity contribution in [1.29, 1.82) is 0 Å². The van der Waals surface area contributed by atoms with Gasteiger partial charge in [0.15, 0.2) is 0 Å². The summed E-state index contributed by atoms with van der Waals surface area (Å²) in [6.45, 7) is 4.44. The molecular weight excluding hydrogens is 368 g/mol. The molecule has 4 nitrogen and oxygen atoms in total. The number of hydrogen-bond donors (Lipinski definition) is 2. The molecule has 2 aliphatic heterocycles. The van der Waals surface area contributed by atoms with Gasteiger partial charge in [-0.25, -0.2) is 0 Å². The Morgan fingerprint density at radius 1 is 0.567 bits per heavy atom. The predicted octanol–water partition coefficient (Wildman–Crippen LogP) is 3.73. The molecular formula is C26H32N4. The first-order valence-electron chi connectivity index (χ1n) is 11.3. The third kappa shape index (κ3) is 3.34. The van der Waals surface area contributed by atoms with Gasteiger partial charge in [0, 0.05) is 73.2 Å². The third-order valence-electron chi connectivity index (χ3n) is 6.87. The Morgan fingerprint density at radius 3 is 1.43 bits per heavy atom. The number of nitrogens with one attached hydrogen (secondary N) is 2. The zero-order chi connectivity index (χ0) is 20.5. The van der Waals surface area contributed by atoms with Gasteiger partial charge in [0.05, 0.1) is 0 Å². The molecule has 2 aromatic heterocycles. The minimum absolute atomic E-state index is 1.11. The van der Waals surface area contributed by atoms with Gasteiger partial charge in [0.1, 0.15) is 0 Å². The van der Waals surface area contributed by atoms with E-state index in [1.165, 1.54) is 33.2 Å². The number of rotatable bonds is 0. The van der Waals surface area contributed by atoms with Crippen molar-refractivity contribution in [2.75, 3.05) is 26.2 Å². The third-order valence-corrected chi connectivity index (χ3v) is 6.87. The molecule has 0 aliphatic carbocycles. The van der Waals surface area contributed by atoms with Crippen LogP contribution in [0, 0.1) is 0 Å². The SMILES string of the molecule is Cn1c2c(c3ccccc31)CCNCC2.Cn1c2c(c3ccccc31)CCNCC2. The molecule has 0 radical (unpaired) electrons. The van der Waals surface area contributed by atoms with Crippen LogP contribution in [0.15, 0.2) is 48.5 Å². The summed E-state index contributed by atoms with van der Waals surface area (Å²) in [4.78, 5) is 0. The summed E-state index contributed by atoms with van der Waals surface area (Å²) in [6.07, 6.45) is 4.63. The molecule has 4 aromatic rings. The van der Waals surface area contributed by atoms with Crippen molar-refractivity contribution >= 4 is 21.8 Å². The van der Waals surface area contributed by atoms with Gasteiger partial charge in [0.2, 0.25) is 0 Å². The van der Waals surface area contributed by atoms with Crippen LogP contribution in [-0.4, -0.2) is 35.3 Å². The van der Waals surface area contributed by atoms with Crippen molar-refractivity contribution in [2.24, 2.45) is 14.1 Å². The minimum atomic E-state index is 1.11. The molecule has 0 saturated heterocycles. The summed E-state index contributed by atoms with van der Waals surface area (Å²) >= 11 is 0. The standard InChI is InChI=1S/2C13H16N2/c2*1-15-12-5-3-2-4-10(12)11-6-8-14-9-7-13(11)15/h2*2-5,14H,6-9H2,1H3. The van der Waals surface area contributed by atoms with E-state index in [1.54, 1.807) is 11.1 Å². The summed E-state index contributed by atoms with van der Waals surface area (Å²) < 4.78 is 4.72. The van der Waals surface area contributed by atoms with Crippen LogP contribution < -0.4 is 10.6 Å². The molecule has 2 N–H and O–H groups in total. The molecule has 0 amide bonds. The maximum atomic E-state index is 3.46. The van der Waals surface area contributed by atoms with Crippen LogP contribution in [-0.2, 0) is 39.8 Å². The van der Waals surface area contributed by atoms with Crippen LogP contribution in [0.25, 0.3) is 21.8 Å². The van der Waals surface area contributed by atoms with Crippen LogP contribution in [0.1, 0.15) is 22.5 Å². The highest BCUT2D eigenvalue weighted by molar-refractivity contribution is 5.86. The van der Waals surface area contributed by atoms with Gasteiger partial charge < -0.3 is 19.8 Å². The first-order valence-corrected chi connectivity index (χ1v) is 11.3. The van der Waals surface area contributed by atoms with Gasteiger partial charge in [-0.2, -0.15) is 0 Å². The Labute approximate surface area is 178 Å². The highest BCUT2D eigenvalue weighted by atomic mass is 15.0. The van der Waals surface area contributed by atoms with Crippen molar-refractivity contribution in [3.05, 3.63) is 71.0 Å². The van der Waals surface area contributed by atoms with Crippen LogP contribution in [0.2, 0.25) is 0 Å². The summed E-state index contributed by atoms with van der Waals surface area (Å²) in [6, 6.07) is 17.5. The van der Waals surface area contributed by atoms with E-state index < -0.39 is 0 Å². The zero-order valence-corrected chi connectivity index (χ0v) is 18.2. The fourth-order valence-electron chi connectivity index (χ4n) is 5.33. The minimum Gasteiger partial charge on any atom is -0.347 e. The fourth-order valence-corrected chi connectivity index (χ4v) is 5.33. The summed E-state index contributed by atoms with van der Waals surface area (Å²) in [5.41, 5.74) is 8.90. The summed E-state index contributed by atoms with van der Waals surface area (Å²) in [7, 11) is 4.37. The highest BCUT2D eigenvalue weighted by Gasteiger charge is 2.17. The molecule has 2 aliphatic rings. The van der Waals surface area contributed by atoms with Crippen LogP contribution in [0.5, 0.6) is 0 Å². The second kappa shape index (κ2) is 8.29. The molecule has 0 bridgehead atoms. The molecule has 30 heavy (non-hydrogen) atoms. The van der Waals surface area contributed by atoms with Crippen LogP contribution in [0.4, 0.5) is 0 Å². The van der Waals surface area contributed by atoms with E-state index in [4.69, 9.17) is 0 Å². The molecule has 4 heteroatoms. The lowest BCUT2D eigenvalue weighted by molar-refractivity contribution is 0.699. The number of benzene rings is 2. The second-order valence-corrected chi connectivity index (χ2v) is 8.50. The molecule has 156 valence electrons. The van der Waals surface area contributed by atoms with Crippen molar-refractivity contribution in [3.63, 3.8) is 0 Å². The van der Waals surface area contributed by atoms with E-state index >= 15 is 0 Å². The van der Waals surface area contributed by atoms with E-state index in [9.17, 15) is 0 Å². The molecule has 0 unspecified atom stereocenters. The van der Waals surface area contributed by atoms with Gasteiger partial charge >= 0.3 is 0 Å². The molecule has 0 saturated carbocycles. The lowest BCUT2D eigenvalue weighted by atomic mass is 10.1. The number of aromatic nitrogens is 2.